The van der Waals surface area contributed by atoms with Gasteiger partial charge in [0.1, 0.15) is 0 Å². The molecule has 0 aliphatic carbocycles. The van der Waals surface area contributed by atoms with Gasteiger partial charge in [-0.25, -0.2) is 8.78 Å². The summed E-state index contributed by atoms with van der Waals surface area (Å²) in [7, 11) is 1.70. The molecule has 0 bridgehead atoms. The average molecular weight is 209 g/mol. The van der Waals surface area contributed by atoms with E-state index in [0.717, 1.165) is 6.07 Å². The molecule has 0 aliphatic heterocycles. The Morgan fingerprint density at radius 1 is 1.40 bits per heavy atom. The van der Waals surface area contributed by atoms with Crippen LogP contribution in [0, 0.1) is 23.5 Å². The smallest absolute Gasteiger partial charge is 0.163 e. The first-order valence-corrected chi connectivity index (χ1v) is 4.71. The maximum atomic E-state index is 13.4. The quantitative estimate of drug-likeness (QED) is 0.754. The molecule has 1 atom stereocenters. The molecule has 0 fully saturated rings. The van der Waals surface area contributed by atoms with Crippen LogP contribution in [0.1, 0.15) is 24.9 Å². The van der Waals surface area contributed by atoms with Crippen molar-refractivity contribution >= 4 is 0 Å². The predicted molar refractivity (Wildman–Crippen MR) is 56.2 cm³/mol. The van der Waals surface area contributed by atoms with Gasteiger partial charge in [-0.3, -0.25) is 0 Å². The van der Waals surface area contributed by atoms with Crippen LogP contribution in [0.2, 0.25) is 0 Å². The van der Waals surface area contributed by atoms with Gasteiger partial charge >= 0.3 is 0 Å². The van der Waals surface area contributed by atoms with Crippen molar-refractivity contribution < 1.29 is 8.78 Å². The molecular formula is C12H13F2N. The molecule has 0 aliphatic rings. The number of nitrogens with one attached hydrogen (secondary N) is 1. The second-order valence-corrected chi connectivity index (χ2v) is 3.12. The van der Waals surface area contributed by atoms with Crippen LogP contribution in [0.5, 0.6) is 0 Å². The summed E-state index contributed by atoms with van der Waals surface area (Å²) < 4.78 is 26.4. The molecule has 1 rings (SSSR count). The van der Waals surface area contributed by atoms with E-state index in [-0.39, 0.29) is 6.04 Å². The molecule has 0 aromatic heterocycles. The number of hydrogen-bond donors (Lipinski definition) is 1. The fraction of sp³-hybridized carbons (Fsp3) is 0.333. The van der Waals surface area contributed by atoms with Gasteiger partial charge < -0.3 is 5.32 Å². The molecule has 15 heavy (non-hydrogen) atoms. The fourth-order valence-corrected chi connectivity index (χ4v) is 1.36. The Kier molecular flexibility index (Phi) is 4.26. The van der Waals surface area contributed by atoms with E-state index in [1.165, 1.54) is 6.07 Å². The summed E-state index contributed by atoms with van der Waals surface area (Å²) in [6.45, 7) is 1.72. The zero-order valence-electron chi connectivity index (χ0n) is 8.77. The largest absolute Gasteiger partial charge is 0.312 e. The molecule has 0 heterocycles. The van der Waals surface area contributed by atoms with Crippen molar-refractivity contribution in [2.75, 3.05) is 7.05 Å². The van der Waals surface area contributed by atoms with E-state index in [9.17, 15) is 8.78 Å². The molecule has 80 valence electrons. The lowest BCUT2D eigenvalue weighted by molar-refractivity contribution is 0.476. The van der Waals surface area contributed by atoms with Gasteiger partial charge in [-0.1, -0.05) is 12.1 Å². The van der Waals surface area contributed by atoms with Crippen LogP contribution in [0.15, 0.2) is 18.2 Å². The Labute approximate surface area is 88.5 Å². The van der Waals surface area contributed by atoms with Crippen LogP contribution in [0.3, 0.4) is 0 Å². The average Bonchev–Trinajstić information content (AvgIpc) is 2.25. The first kappa shape index (κ1) is 11.7. The van der Waals surface area contributed by atoms with Gasteiger partial charge in [-0.2, -0.15) is 0 Å². The van der Waals surface area contributed by atoms with Crippen molar-refractivity contribution in [3.8, 4) is 11.8 Å². The third-order valence-corrected chi connectivity index (χ3v) is 2.19. The summed E-state index contributed by atoms with van der Waals surface area (Å²) in [6, 6.07) is 3.90. The minimum absolute atomic E-state index is 0.270. The summed E-state index contributed by atoms with van der Waals surface area (Å²) in [5.41, 5.74) is 0.320. The van der Waals surface area contributed by atoms with E-state index >= 15 is 0 Å². The molecule has 1 aromatic carbocycles. The Balaban J connectivity index is 2.99. The maximum Gasteiger partial charge on any atom is 0.163 e. The minimum Gasteiger partial charge on any atom is -0.312 e. The molecule has 1 N–H and O–H groups in total. The van der Waals surface area contributed by atoms with Crippen molar-refractivity contribution in [1.82, 2.24) is 5.32 Å². The molecule has 0 spiro atoms. The van der Waals surface area contributed by atoms with E-state index in [1.807, 2.05) is 0 Å². The van der Waals surface area contributed by atoms with E-state index in [1.54, 1.807) is 20.0 Å². The highest BCUT2D eigenvalue weighted by atomic mass is 19.2. The Morgan fingerprint density at radius 2 is 2.13 bits per heavy atom. The summed E-state index contributed by atoms with van der Waals surface area (Å²) in [6.07, 6.45) is 0.466. The minimum atomic E-state index is -0.822. The summed E-state index contributed by atoms with van der Waals surface area (Å²) in [5, 5.41) is 2.91. The van der Waals surface area contributed by atoms with Gasteiger partial charge in [0.05, 0.1) is 0 Å². The van der Waals surface area contributed by atoms with Gasteiger partial charge in [0.15, 0.2) is 11.6 Å². The monoisotopic (exact) mass is 209 g/mol. The Bertz CT molecular complexity index is 390. The second kappa shape index (κ2) is 5.47. The molecule has 0 amide bonds. The van der Waals surface area contributed by atoms with Crippen LogP contribution in [0.4, 0.5) is 8.78 Å². The highest BCUT2D eigenvalue weighted by molar-refractivity contribution is 5.24. The molecule has 1 nitrogen and oxygen atoms in total. The molecule has 0 saturated carbocycles. The van der Waals surface area contributed by atoms with E-state index < -0.39 is 11.6 Å². The third-order valence-electron chi connectivity index (χ3n) is 2.19. The summed E-state index contributed by atoms with van der Waals surface area (Å²) in [5.74, 6) is 3.95. The van der Waals surface area contributed by atoms with Gasteiger partial charge in [0.25, 0.3) is 0 Å². The second-order valence-electron chi connectivity index (χ2n) is 3.12. The van der Waals surface area contributed by atoms with Crippen LogP contribution >= 0.6 is 0 Å². The lowest BCUT2D eigenvalue weighted by atomic mass is 10.0. The van der Waals surface area contributed by atoms with E-state index in [4.69, 9.17) is 0 Å². The zero-order valence-corrected chi connectivity index (χ0v) is 8.77. The number of hydrogen-bond acceptors (Lipinski definition) is 1. The molecule has 3 heteroatoms. The molecule has 1 unspecified atom stereocenters. The zero-order chi connectivity index (χ0) is 11.3. The van der Waals surface area contributed by atoms with Crippen LogP contribution in [0.25, 0.3) is 0 Å². The van der Waals surface area contributed by atoms with E-state index in [2.05, 4.69) is 17.2 Å². The van der Waals surface area contributed by atoms with Crippen molar-refractivity contribution in [1.29, 1.82) is 0 Å². The van der Waals surface area contributed by atoms with E-state index in [0.29, 0.717) is 12.0 Å². The summed E-state index contributed by atoms with van der Waals surface area (Å²) >= 11 is 0. The normalized spacial score (nSPS) is 11.7. The van der Waals surface area contributed by atoms with Gasteiger partial charge in [0.2, 0.25) is 0 Å². The highest BCUT2D eigenvalue weighted by Gasteiger charge is 2.15. The van der Waals surface area contributed by atoms with Gasteiger partial charge in [-0.15, -0.1) is 11.8 Å². The molecule has 0 saturated heterocycles. The van der Waals surface area contributed by atoms with Crippen molar-refractivity contribution in [3.05, 3.63) is 35.4 Å². The molecular weight excluding hydrogens is 196 g/mol. The molecule has 1 aromatic rings. The first-order chi connectivity index (χ1) is 7.20. The first-order valence-electron chi connectivity index (χ1n) is 4.71. The van der Waals surface area contributed by atoms with Crippen molar-refractivity contribution in [3.63, 3.8) is 0 Å². The maximum absolute atomic E-state index is 13.4. The van der Waals surface area contributed by atoms with Crippen LogP contribution in [-0.4, -0.2) is 7.05 Å². The number of benzene rings is 1. The standard InChI is InChI=1S/C12H13F2N/c1-3-4-8-11(15-2)9-6-5-7-10(13)12(9)14/h5-7,11,15H,8H2,1-2H3. The topological polar surface area (TPSA) is 12.0 Å². The number of rotatable bonds is 3. The van der Waals surface area contributed by atoms with Crippen molar-refractivity contribution in [2.45, 2.75) is 19.4 Å². The van der Waals surface area contributed by atoms with Gasteiger partial charge in [-0.05, 0) is 20.0 Å². The van der Waals surface area contributed by atoms with Crippen LogP contribution < -0.4 is 5.32 Å². The van der Waals surface area contributed by atoms with Crippen LogP contribution in [-0.2, 0) is 0 Å². The lowest BCUT2D eigenvalue weighted by Crippen LogP contribution is -2.17. The number of halogens is 2. The Hall–Kier alpha value is -1.40. The van der Waals surface area contributed by atoms with Crippen molar-refractivity contribution in [2.24, 2.45) is 0 Å². The SMILES string of the molecule is CC#CCC(NC)c1cccc(F)c1F. The Morgan fingerprint density at radius 3 is 2.73 bits per heavy atom. The predicted octanol–water partition coefficient (Wildman–Crippen LogP) is 2.64. The fourth-order valence-electron chi connectivity index (χ4n) is 1.36. The molecule has 0 radical (unpaired) electrons. The third kappa shape index (κ3) is 2.77. The lowest BCUT2D eigenvalue weighted by Gasteiger charge is -2.14. The highest BCUT2D eigenvalue weighted by Crippen LogP contribution is 2.21. The van der Waals surface area contributed by atoms with Gasteiger partial charge in [0, 0.05) is 18.0 Å². The summed E-state index contributed by atoms with van der Waals surface area (Å²) in [4.78, 5) is 0.